The van der Waals surface area contributed by atoms with Gasteiger partial charge in [0.05, 0.1) is 6.07 Å². The summed E-state index contributed by atoms with van der Waals surface area (Å²) in [5.41, 5.74) is 0. The molecule has 70 valence electrons. The Labute approximate surface area is 76.8 Å². The number of nitrogens with zero attached hydrogens (tertiary/aromatic N) is 1. The topological polar surface area (TPSA) is 23.8 Å². The van der Waals surface area contributed by atoms with Gasteiger partial charge in [0.25, 0.3) is 0 Å². The van der Waals surface area contributed by atoms with Gasteiger partial charge in [0, 0.05) is 6.42 Å². The summed E-state index contributed by atoms with van der Waals surface area (Å²) in [6.45, 7) is 4.42. The molecule has 0 aromatic carbocycles. The van der Waals surface area contributed by atoms with E-state index in [0.29, 0.717) is 5.92 Å². The zero-order valence-electron chi connectivity index (χ0n) is 8.47. The van der Waals surface area contributed by atoms with E-state index in [1.165, 1.54) is 38.5 Å². The molecule has 0 aliphatic rings. The molecule has 0 amide bonds. The fraction of sp³-hybridized carbons (Fsp3) is 0.909. The lowest BCUT2D eigenvalue weighted by Gasteiger charge is -2.11. The minimum absolute atomic E-state index is 0.676. The lowest BCUT2D eigenvalue weighted by Crippen LogP contribution is -1.99. The van der Waals surface area contributed by atoms with Crippen LogP contribution in [-0.4, -0.2) is 0 Å². The summed E-state index contributed by atoms with van der Waals surface area (Å²) < 4.78 is 0. The van der Waals surface area contributed by atoms with Crippen molar-refractivity contribution in [2.24, 2.45) is 5.92 Å². The highest BCUT2D eigenvalue weighted by molar-refractivity contribution is 4.75. The molecule has 0 aromatic rings. The highest BCUT2D eigenvalue weighted by Crippen LogP contribution is 2.18. The first-order valence-electron chi connectivity index (χ1n) is 5.22. The first kappa shape index (κ1) is 11.5. The van der Waals surface area contributed by atoms with Gasteiger partial charge in [-0.1, -0.05) is 39.5 Å². The molecule has 0 bridgehead atoms. The fourth-order valence-corrected chi connectivity index (χ4v) is 1.46. The summed E-state index contributed by atoms with van der Waals surface area (Å²) in [5.74, 6) is 0.676. The largest absolute Gasteiger partial charge is 0.198 e. The second-order valence-electron chi connectivity index (χ2n) is 3.51. The third-order valence-electron chi connectivity index (χ3n) is 2.31. The molecule has 0 N–H and O–H groups in total. The average Bonchev–Trinajstić information content (AvgIpc) is 2.10. The second-order valence-corrected chi connectivity index (χ2v) is 3.51. The van der Waals surface area contributed by atoms with E-state index in [1.54, 1.807) is 0 Å². The third-order valence-corrected chi connectivity index (χ3v) is 2.31. The molecule has 0 saturated carbocycles. The Hall–Kier alpha value is -0.510. The molecule has 0 heterocycles. The van der Waals surface area contributed by atoms with E-state index in [4.69, 9.17) is 5.26 Å². The van der Waals surface area contributed by atoms with Crippen LogP contribution in [0.4, 0.5) is 0 Å². The Morgan fingerprint density at radius 3 is 1.92 bits per heavy atom. The van der Waals surface area contributed by atoms with Crippen LogP contribution < -0.4 is 0 Å². The summed E-state index contributed by atoms with van der Waals surface area (Å²) in [6, 6.07) is 2.29. The summed E-state index contributed by atoms with van der Waals surface area (Å²) >= 11 is 0. The predicted molar refractivity (Wildman–Crippen MR) is 52.8 cm³/mol. The van der Waals surface area contributed by atoms with Crippen LogP contribution in [-0.2, 0) is 0 Å². The highest BCUT2D eigenvalue weighted by Gasteiger charge is 2.06. The van der Waals surface area contributed by atoms with Crippen molar-refractivity contribution in [2.45, 2.75) is 58.8 Å². The predicted octanol–water partition coefficient (Wildman–Crippen LogP) is 3.90. The molecule has 12 heavy (non-hydrogen) atoms. The molecule has 0 aliphatic heterocycles. The van der Waals surface area contributed by atoms with Crippen molar-refractivity contribution in [3.05, 3.63) is 0 Å². The SMILES string of the molecule is CCCCC(CC#N)CCCC. The van der Waals surface area contributed by atoms with Crippen LogP contribution in [0, 0.1) is 17.2 Å². The maximum Gasteiger partial charge on any atom is 0.0624 e. The molecule has 1 nitrogen and oxygen atoms in total. The molecule has 0 aliphatic carbocycles. The quantitative estimate of drug-likeness (QED) is 0.564. The van der Waals surface area contributed by atoms with Crippen molar-refractivity contribution < 1.29 is 0 Å². The summed E-state index contributed by atoms with van der Waals surface area (Å²) in [7, 11) is 0. The van der Waals surface area contributed by atoms with Crippen LogP contribution >= 0.6 is 0 Å². The third kappa shape index (κ3) is 6.22. The van der Waals surface area contributed by atoms with Gasteiger partial charge in [0.2, 0.25) is 0 Å². The summed E-state index contributed by atoms with van der Waals surface area (Å²) in [5, 5.41) is 8.59. The van der Waals surface area contributed by atoms with Gasteiger partial charge in [0.15, 0.2) is 0 Å². The molecule has 0 saturated heterocycles. The maximum absolute atomic E-state index is 8.59. The minimum Gasteiger partial charge on any atom is -0.198 e. The van der Waals surface area contributed by atoms with Crippen molar-refractivity contribution in [1.82, 2.24) is 0 Å². The minimum atomic E-state index is 0.676. The molecule has 0 atom stereocenters. The van der Waals surface area contributed by atoms with E-state index in [0.717, 1.165) is 6.42 Å². The van der Waals surface area contributed by atoms with E-state index < -0.39 is 0 Å². The smallest absolute Gasteiger partial charge is 0.0624 e. The zero-order chi connectivity index (χ0) is 9.23. The monoisotopic (exact) mass is 167 g/mol. The van der Waals surface area contributed by atoms with E-state index in [2.05, 4.69) is 19.9 Å². The normalized spacial score (nSPS) is 10.2. The Bertz CT molecular complexity index is 115. The van der Waals surface area contributed by atoms with E-state index in [-0.39, 0.29) is 0 Å². The van der Waals surface area contributed by atoms with Crippen LogP contribution in [0.25, 0.3) is 0 Å². The molecule has 1 heteroatoms. The fourth-order valence-electron chi connectivity index (χ4n) is 1.46. The Kier molecular flexibility index (Phi) is 8.22. The number of hydrogen-bond donors (Lipinski definition) is 0. The van der Waals surface area contributed by atoms with Crippen LogP contribution in [0.5, 0.6) is 0 Å². The van der Waals surface area contributed by atoms with E-state index in [1.807, 2.05) is 0 Å². The van der Waals surface area contributed by atoms with Crippen molar-refractivity contribution >= 4 is 0 Å². The molecule has 0 fully saturated rings. The van der Waals surface area contributed by atoms with Gasteiger partial charge in [-0.05, 0) is 18.8 Å². The number of unbranched alkanes of at least 4 members (excludes halogenated alkanes) is 2. The van der Waals surface area contributed by atoms with Crippen LogP contribution in [0.3, 0.4) is 0 Å². The van der Waals surface area contributed by atoms with Crippen molar-refractivity contribution in [3.8, 4) is 6.07 Å². The number of nitriles is 1. The Balaban J connectivity index is 3.48. The standard InChI is InChI=1S/C11H21N/c1-3-5-7-11(9-10-12)8-6-4-2/h11H,3-9H2,1-2H3. The van der Waals surface area contributed by atoms with Crippen molar-refractivity contribution in [2.75, 3.05) is 0 Å². The van der Waals surface area contributed by atoms with Crippen LogP contribution in [0.2, 0.25) is 0 Å². The molecular formula is C11H21N. The van der Waals surface area contributed by atoms with Gasteiger partial charge >= 0.3 is 0 Å². The number of rotatable bonds is 7. The Morgan fingerprint density at radius 1 is 1.08 bits per heavy atom. The summed E-state index contributed by atoms with van der Waals surface area (Å²) in [4.78, 5) is 0. The molecule has 0 rings (SSSR count). The molecule has 0 unspecified atom stereocenters. The van der Waals surface area contributed by atoms with Crippen molar-refractivity contribution in [1.29, 1.82) is 5.26 Å². The first-order chi connectivity index (χ1) is 5.85. The second kappa shape index (κ2) is 8.59. The maximum atomic E-state index is 8.59. The molecule has 0 spiro atoms. The first-order valence-corrected chi connectivity index (χ1v) is 5.22. The average molecular weight is 167 g/mol. The van der Waals surface area contributed by atoms with Gasteiger partial charge < -0.3 is 0 Å². The number of hydrogen-bond acceptors (Lipinski definition) is 1. The van der Waals surface area contributed by atoms with Crippen molar-refractivity contribution in [3.63, 3.8) is 0 Å². The molecule has 0 aromatic heterocycles. The Morgan fingerprint density at radius 2 is 1.58 bits per heavy atom. The lowest BCUT2D eigenvalue weighted by atomic mass is 9.94. The van der Waals surface area contributed by atoms with Gasteiger partial charge in [0.1, 0.15) is 0 Å². The van der Waals surface area contributed by atoms with Crippen LogP contribution in [0.15, 0.2) is 0 Å². The lowest BCUT2D eigenvalue weighted by molar-refractivity contribution is 0.427. The van der Waals surface area contributed by atoms with E-state index in [9.17, 15) is 0 Å². The highest BCUT2D eigenvalue weighted by atomic mass is 14.2. The summed E-state index contributed by atoms with van der Waals surface area (Å²) in [6.07, 6.45) is 8.36. The molecular weight excluding hydrogens is 146 g/mol. The van der Waals surface area contributed by atoms with Gasteiger partial charge in [-0.2, -0.15) is 5.26 Å². The van der Waals surface area contributed by atoms with Gasteiger partial charge in [-0.25, -0.2) is 0 Å². The van der Waals surface area contributed by atoms with Crippen LogP contribution in [0.1, 0.15) is 58.8 Å². The van der Waals surface area contributed by atoms with Gasteiger partial charge in [-0.15, -0.1) is 0 Å². The van der Waals surface area contributed by atoms with E-state index >= 15 is 0 Å². The van der Waals surface area contributed by atoms with Gasteiger partial charge in [-0.3, -0.25) is 0 Å². The zero-order valence-corrected chi connectivity index (χ0v) is 8.47. The molecule has 0 radical (unpaired) electrons.